The zero-order valence-corrected chi connectivity index (χ0v) is 15.5. The molecule has 7 heteroatoms. The summed E-state index contributed by atoms with van der Waals surface area (Å²) >= 11 is 0. The number of carbonyl (C=O) groups is 2. The smallest absolute Gasteiger partial charge is 0.234 e. The van der Waals surface area contributed by atoms with Crippen molar-refractivity contribution in [1.82, 2.24) is 15.1 Å². The lowest BCUT2D eigenvalue weighted by atomic mass is 10.1. The van der Waals surface area contributed by atoms with Crippen LogP contribution in [0.3, 0.4) is 0 Å². The molecular weight excluding hydrogens is 364 g/mol. The molecule has 0 aromatic heterocycles. The maximum atomic E-state index is 13.6. The highest BCUT2D eigenvalue weighted by Crippen LogP contribution is 2.09. The highest BCUT2D eigenvalue weighted by Gasteiger charge is 2.22. The Balaban J connectivity index is 1.39. The first-order valence-corrected chi connectivity index (χ1v) is 9.26. The van der Waals surface area contributed by atoms with Crippen molar-refractivity contribution in [3.05, 3.63) is 71.3 Å². The van der Waals surface area contributed by atoms with Gasteiger partial charge in [-0.25, -0.2) is 8.78 Å². The van der Waals surface area contributed by atoms with Gasteiger partial charge in [-0.05, 0) is 23.8 Å². The van der Waals surface area contributed by atoms with Crippen LogP contribution in [-0.4, -0.2) is 54.3 Å². The zero-order chi connectivity index (χ0) is 19.9. The molecular formula is C21H23F2N3O2. The molecule has 28 heavy (non-hydrogen) atoms. The number of nitrogens with zero attached hydrogens (tertiary/aromatic N) is 2. The Morgan fingerprint density at radius 3 is 2.29 bits per heavy atom. The topological polar surface area (TPSA) is 52.7 Å². The van der Waals surface area contributed by atoms with E-state index in [1.165, 1.54) is 18.2 Å². The maximum Gasteiger partial charge on any atom is 0.234 e. The van der Waals surface area contributed by atoms with Gasteiger partial charge in [0.2, 0.25) is 11.8 Å². The van der Waals surface area contributed by atoms with Crippen molar-refractivity contribution in [3.8, 4) is 0 Å². The van der Waals surface area contributed by atoms with Crippen molar-refractivity contribution < 1.29 is 18.4 Å². The molecule has 0 spiro atoms. The first-order valence-electron chi connectivity index (χ1n) is 9.26. The molecule has 0 bridgehead atoms. The van der Waals surface area contributed by atoms with Gasteiger partial charge in [0.25, 0.3) is 0 Å². The Labute approximate surface area is 162 Å². The number of hydrogen-bond acceptors (Lipinski definition) is 3. The van der Waals surface area contributed by atoms with Gasteiger partial charge in [-0.1, -0.05) is 30.3 Å². The van der Waals surface area contributed by atoms with Gasteiger partial charge < -0.3 is 10.2 Å². The van der Waals surface area contributed by atoms with Crippen LogP contribution >= 0.6 is 0 Å². The van der Waals surface area contributed by atoms with Crippen LogP contribution in [0.25, 0.3) is 0 Å². The molecule has 5 nitrogen and oxygen atoms in total. The van der Waals surface area contributed by atoms with Crippen molar-refractivity contribution in [2.45, 2.75) is 13.0 Å². The average Bonchev–Trinajstić information content (AvgIpc) is 2.69. The molecule has 1 N–H and O–H groups in total. The lowest BCUT2D eigenvalue weighted by molar-refractivity contribution is -0.132. The van der Waals surface area contributed by atoms with Crippen molar-refractivity contribution in [1.29, 1.82) is 0 Å². The quantitative estimate of drug-likeness (QED) is 0.825. The monoisotopic (exact) mass is 387 g/mol. The van der Waals surface area contributed by atoms with Crippen molar-refractivity contribution in [2.24, 2.45) is 0 Å². The molecule has 1 saturated heterocycles. The second kappa shape index (κ2) is 9.41. The van der Waals surface area contributed by atoms with Crippen LogP contribution in [0.5, 0.6) is 0 Å². The van der Waals surface area contributed by atoms with Crippen LogP contribution < -0.4 is 5.32 Å². The molecule has 1 heterocycles. The first-order chi connectivity index (χ1) is 13.5. The molecule has 0 saturated carbocycles. The molecule has 1 aliphatic rings. The summed E-state index contributed by atoms with van der Waals surface area (Å²) in [6.45, 7) is 2.65. The lowest BCUT2D eigenvalue weighted by Crippen LogP contribution is -2.51. The van der Waals surface area contributed by atoms with E-state index < -0.39 is 0 Å². The minimum Gasteiger partial charge on any atom is -0.351 e. The van der Waals surface area contributed by atoms with Gasteiger partial charge in [-0.15, -0.1) is 0 Å². The van der Waals surface area contributed by atoms with Gasteiger partial charge in [0.1, 0.15) is 11.6 Å². The molecule has 2 aromatic carbocycles. The van der Waals surface area contributed by atoms with E-state index in [0.717, 1.165) is 5.56 Å². The predicted octanol–water partition coefficient (Wildman–Crippen LogP) is 1.97. The number of rotatable bonds is 6. The van der Waals surface area contributed by atoms with Gasteiger partial charge in [-0.3, -0.25) is 14.5 Å². The third-order valence-electron chi connectivity index (χ3n) is 4.79. The van der Waals surface area contributed by atoms with E-state index in [2.05, 4.69) is 5.32 Å². The Kier molecular flexibility index (Phi) is 6.71. The van der Waals surface area contributed by atoms with E-state index in [9.17, 15) is 18.4 Å². The molecule has 2 aromatic rings. The number of amides is 2. The summed E-state index contributed by atoms with van der Waals surface area (Å²) in [5, 5.41) is 2.73. The second-order valence-electron chi connectivity index (χ2n) is 6.83. The lowest BCUT2D eigenvalue weighted by Gasteiger charge is -2.34. The van der Waals surface area contributed by atoms with Gasteiger partial charge in [0.05, 0.1) is 13.0 Å². The molecule has 0 atom stereocenters. The molecule has 2 amide bonds. The number of nitrogens with one attached hydrogen (secondary N) is 1. The summed E-state index contributed by atoms with van der Waals surface area (Å²) < 4.78 is 26.5. The molecule has 1 aliphatic heterocycles. The van der Waals surface area contributed by atoms with Crippen LogP contribution in [0.1, 0.15) is 11.1 Å². The highest BCUT2D eigenvalue weighted by atomic mass is 19.1. The molecule has 0 unspecified atom stereocenters. The zero-order valence-electron chi connectivity index (χ0n) is 15.5. The summed E-state index contributed by atoms with van der Waals surface area (Å²) in [6.07, 6.45) is 0.239. The van der Waals surface area contributed by atoms with E-state index in [-0.39, 0.29) is 43.0 Å². The number of carbonyl (C=O) groups excluding carboxylic acids is 2. The fourth-order valence-electron chi connectivity index (χ4n) is 3.14. The van der Waals surface area contributed by atoms with Crippen molar-refractivity contribution >= 4 is 11.8 Å². The largest absolute Gasteiger partial charge is 0.351 e. The minimum absolute atomic E-state index is 0.00439. The number of piperazine rings is 1. The summed E-state index contributed by atoms with van der Waals surface area (Å²) in [6, 6.07) is 12.3. The molecule has 3 rings (SSSR count). The van der Waals surface area contributed by atoms with Crippen molar-refractivity contribution in [2.75, 3.05) is 32.7 Å². The molecule has 0 aliphatic carbocycles. The maximum absolute atomic E-state index is 13.6. The number of benzene rings is 2. The Bertz CT molecular complexity index is 819. The van der Waals surface area contributed by atoms with E-state index >= 15 is 0 Å². The van der Waals surface area contributed by atoms with E-state index in [1.807, 2.05) is 4.90 Å². The summed E-state index contributed by atoms with van der Waals surface area (Å²) in [7, 11) is 0. The Morgan fingerprint density at radius 1 is 0.929 bits per heavy atom. The van der Waals surface area contributed by atoms with Gasteiger partial charge in [0.15, 0.2) is 0 Å². The van der Waals surface area contributed by atoms with Crippen LogP contribution in [0.4, 0.5) is 8.78 Å². The average molecular weight is 387 g/mol. The second-order valence-corrected chi connectivity index (χ2v) is 6.83. The number of halogens is 2. The third kappa shape index (κ3) is 5.60. The summed E-state index contributed by atoms with van der Waals surface area (Å²) in [4.78, 5) is 28.2. The number of hydrogen-bond donors (Lipinski definition) is 1. The molecule has 1 fully saturated rings. The molecule has 148 valence electrons. The van der Waals surface area contributed by atoms with Crippen LogP contribution in [0.2, 0.25) is 0 Å². The third-order valence-corrected chi connectivity index (χ3v) is 4.79. The standard InChI is InChI=1S/C21H23F2N3O2/c22-18-7-5-16(6-8-18)13-21(28)26-11-9-25(10-12-26)15-20(27)24-14-17-3-1-2-4-19(17)23/h1-8H,9-15H2,(H,24,27). The van der Waals surface area contributed by atoms with Crippen LogP contribution in [0.15, 0.2) is 48.5 Å². The van der Waals surface area contributed by atoms with Crippen molar-refractivity contribution in [3.63, 3.8) is 0 Å². The minimum atomic E-state index is -0.337. The Morgan fingerprint density at radius 2 is 1.61 bits per heavy atom. The highest BCUT2D eigenvalue weighted by molar-refractivity contribution is 5.79. The predicted molar refractivity (Wildman–Crippen MR) is 101 cm³/mol. The SMILES string of the molecule is O=C(CN1CCN(C(=O)Cc2ccc(F)cc2)CC1)NCc1ccccc1F. The van der Waals surface area contributed by atoms with Gasteiger partial charge >= 0.3 is 0 Å². The van der Waals surface area contributed by atoms with Gasteiger partial charge in [-0.2, -0.15) is 0 Å². The van der Waals surface area contributed by atoms with E-state index in [1.54, 1.807) is 35.2 Å². The normalized spacial score (nSPS) is 14.7. The van der Waals surface area contributed by atoms with Gasteiger partial charge in [0, 0.05) is 38.3 Å². The summed E-state index contributed by atoms with van der Waals surface area (Å²) in [5.41, 5.74) is 1.23. The van der Waals surface area contributed by atoms with Crippen LogP contribution in [-0.2, 0) is 22.6 Å². The Hall–Kier alpha value is -2.80. The summed E-state index contributed by atoms with van der Waals surface area (Å²) in [5.74, 6) is -0.834. The van der Waals surface area contributed by atoms with Crippen LogP contribution in [0, 0.1) is 11.6 Å². The van der Waals surface area contributed by atoms with E-state index in [0.29, 0.717) is 31.7 Å². The fraction of sp³-hybridized carbons (Fsp3) is 0.333. The fourth-order valence-corrected chi connectivity index (χ4v) is 3.14. The first kappa shape index (κ1) is 19.9. The van der Waals surface area contributed by atoms with E-state index in [4.69, 9.17) is 0 Å². The molecule has 0 radical (unpaired) electrons.